The normalized spacial score (nSPS) is 16.1. The Morgan fingerprint density at radius 3 is 2.04 bits per heavy atom. The lowest BCUT2D eigenvalue weighted by Gasteiger charge is -2.34. The molecule has 0 aliphatic carbocycles. The summed E-state index contributed by atoms with van der Waals surface area (Å²) in [6.07, 6.45) is 2.62. The Bertz CT molecular complexity index is 688. The van der Waals surface area contributed by atoms with Crippen LogP contribution in [0, 0.1) is 0 Å². The number of sulfonamides is 1. The topological polar surface area (TPSA) is 60.9 Å². The molecule has 1 amide bonds. The number of hydrogen-bond acceptors (Lipinski definition) is 4. The van der Waals surface area contributed by atoms with Crippen LogP contribution in [0.15, 0.2) is 18.2 Å². The van der Waals surface area contributed by atoms with E-state index in [1.807, 2.05) is 39.1 Å². The van der Waals surface area contributed by atoms with Crippen molar-refractivity contribution in [2.75, 3.05) is 50.3 Å². The molecule has 0 radical (unpaired) electrons. The highest BCUT2D eigenvalue weighted by atomic mass is 32.2. The maximum atomic E-state index is 12.7. The number of para-hydroxylation sites is 1. The molecule has 1 aliphatic heterocycles. The molecule has 0 saturated carbocycles. The summed E-state index contributed by atoms with van der Waals surface area (Å²) in [5.41, 5.74) is 2.59. The van der Waals surface area contributed by atoms with Crippen LogP contribution in [0.3, 0.4) is 0 Å². The van der Waals surface area contributed by atoms with Gasteiger partial charge in [-0.15, -0.1) is 0 Å². The number of piperazine rings is 1. The second-order valence-corrected chi connectivity index (χ2v) is 8.49. The zero-order valence-corrected chi connectivity index (χ0v) is 16.5. The Morgan fingerprint density at radius 2 is 1.60 bits per heavy atom. The molecule has 0 unspecified atom stereocenters. The van der Waals surface area contributed by atoms with Crippen LogP contribution in [-0.2, 0) is 27.7 Å². The number of anilines is 1. The maximum absolute atomic E-state index is 12.7. The van der Waals surface area contributed by atoms with Crippen molar-refractivity contribution in [1.82, 2.24) is 9.80 Å². The van der Waals surface area contributed by atoms with Gasteiger partial charge in [-0.2, -0.15) is 0 Å². The van der Waals surface area contributed by atoms with E-state index in [0.29, 0.717) is 18.8 Å². The summed E-state index contributed by atoms with van der Waals surface area (Å²) >= 11 is 0. The van der Waals surface area contributed by atoms with Crippen LogP contribution in [0.5, 0.6) is 0 Å². The quantitative estimate of drug-likeness (QED) is 0.762. The molecule has 0 aromatic heterocycles. The van der Waals surface area contributed by atoms with E-state index in [2.05, 4.69) is 4.90 Å². The minimum absolute atomic E-state index is 0.132. The van der Waals surface area contributed by atoms with E-state index < -0.39 is 10.0 Å². The summed E-state index contributed by atoms with van der Waals surface area (Å²) in [6.45, 7) is 6.79. The molecule has 1 aromatic rings. The van der Waals surface area contributed by atoms with Crippen molar-refractivity contribution in [3.05, 3.63) is 29.3 Å². The van der Waals surface area contributed by atoms with Crippen LogP contribution in [0.25, 0.3) is 0 Å². The van der Waals surface area contributed by atoms with Gasteiger partial charge in [-0.25, -0.2) is 8.42 Å². The summed E-state index contributed by atoms with van der Waals surface area (Å²) < 4.78 is 26.3. The van der Waals surface area contributed by atoms with Gasteiger partial charge < -0.3 is 9.80 Å². The molecule has 1 aromatic carbocycles. The van der Waals surface area contributed by atoms with Gasteiger partial charge in [0.25, 0.3) is 0 Å². The molecule has 0 bridgehead atoms. The van der Waals surface area contributed by atoms with E-state index in [1.54, 1.807) is 4.90 Å². The predicted molar refractivity (Wildman–Crippen MR) is 101 cm³/mol. The van der Waals surface area contributed by atoms with Gasteiger partial charge in [-0.3, -0.25) is 9.10 Å². The number of benzene rings is 1. The van der Waals surface area contributed by atoms with Crippen molar-refractivity contribution >= 4 is 21.6 Å². The van der Waals surface area contributed by atoms with Crippen molar-refractivity contribution in [2.24, 2.45) is 0 Å². The highest BCUT2D eigenvalue weighted by Crippen LogP contribution is 2.29. The molecular weight excluding hydrogens is 338 g/mol. The van der Waals surface area contributed by atoms with E-state index in [9.17, 15) is 13.2 Å². The molecule has 6 nitrogen and oxygen atoms in total. The third-order valence-electron chi connectivity index (χ3n) is 4.75. The van der Waals surface area contributed by atoms with E-state index in [-0.39, 0.29) is 12.5 Å². The van der Waals surface area contributed by atoms with Crippen LogP contribution < -0.4 is 4.31 Å². The molecule has 0 spiro atoms. The van der Waals surface area contributed by atoms with Gasteiger partial charge >= 0.3 is 0 Å². The van der Waals surface area contributed by atoms with Crippen LogP contribution in [0.2, 0.25) is 0 Å². The van der Waals surface area contributed by atoms with Crippen molar-refractivity contribution in [2.45, 2.75) is 26.7 Å². The van der Waals surface area contributed by atoms with Gasteiger partial charge in [0.15, 0.2) is 0 Å². The largest absolute Gasteiger partial charge is 0.339 e. The Balaban J connectivity index is 2.34. The monoisotopic (exact) mass is 367 g/mol. The molecule has 140 valence electrons. The molecule has 1 saturated heterocycles. The van der Waals surface area contributed by atoms with E-state index in [4.69, 9.17) is 0 Å². The Morgan fingerprint density at radius 1 is 1.08 bits per heavy atom. The molecule has 0 atom stereocenters. The predicted octanol–water partition coefficient (Wildman–Crippen LogP) is 1.35. The molecule has 0 N–H and O–H groups in total. The number of carbonyl (C=O) groups excluding carboxylic acids is 1. The lowest BCUT2D eigenvalue weighted by Crippen LogP contribution is -2.51. The molecule has 1 heterocycles. The maximum Gasteiger partial charge on any atom is 0.243 e. The Hall–Kier alpha value is -1.60. The van der Waals surface area contributed by atoms with Crippen LogP contribution in [0.4, 0.5) is 5.69 Å². The molecule has 2 rings (SSSR count). The number of amides is 1. The van der Waals surface area contributed by atoms with Gasteiger partial charge in [-0.05, 0) is 31.0 Å². The first-order valence-corrected chi connectivity index (χ1v) is 10.7. The second kappa shape index (κ2) is 8.19. The highest BCUT2D eigenvalue weighted by molar-refractivity contribution is 7.92. The summed E-state index contributed by atoms with van der Waals surface area (Å²) in [5.74, 6) is -0.133. The summed E-state index contributed by atoms with van der Waals surface area (Å²) in [5, 5.41) is 0. The van der Waals surface area contributed by atoms with Gasteiger partial charge in [0.1, 0.15) is 6.54 Å². The zero-order chi connectivity index (χ0) is 18.6. The Labute approximate surface area is 151 Å². The fourth-order valence-electron chi connectivity index (χ4n) is 3.18. The lowest BCUT2D eigenvalue weighted by atomic mass is 10.0. The molecular formula is C18H29N3O3S. The SMILES string of the molecule is CCc1cccc(CC)c1N(CC(=O)N1CCN(C)CC1)S(C)(=O)=O. The number of aryl methyl sites for hydroxylation is 2. The van der Waals surface area contributed by atoms with Gasteiger partial charge in [0.05, 0.1) is 11.9 Å². The minimum Gasteiger partial charge on any atom is -0.339 e. The molecule has 7 heteroatoms. The van der Waals surface area contributed by atoms with E-state index in [0.717, 1.165) is 37.1 Å². The third kappa shape index (κ3) is 4.73. The van der Waals surface area contributed by atoms with Crippen molar-refractivity contribution in [3.8, 4) is 0 Å². The van der Waals surface area contributed by atoms with Crippen molar-refractivity contribution < 1.29 is 13.2 Å². The number of hydrogen-bond donors (Lipinski definition) is 0. The average molecular weight is 368 g/mol. The summed E-state index contributed by atoms with van der Waals surface area (Å²) in [4.78, 5) is 16.7. The summed E-state index contributed by atoms with van der Waals surface area (Å²) in [7, 11) is -1.53. The fourth-order valence-corrected chi connectivity index (χ4v) is 4.09. The first kappa shape index (κ1) is 19.7. The first-order valence-electron chi connectivity index (χ1n) is 8.82. The van der Waals surface area contributed by atoms with Crippen LogP contribution in [0.1, 0.15) is 25.0 Å². The number of likely N-dealkylation sites (N-methyl/N-ethyl adjacent to an activating group) is 1. The summed E-state index contributed by atoms with van der Waals surface area (Å²) in [6, 6.07) is 5.82. The standard InChI is InChI=1S/C18H29N3O3S/c1-5-15-8-7-9-16(6-2)18(15)21(25(4,23)24)14-17(22)20-12-10-19(3)11-13-20/h7-9H,5-6,10-14H2,1-4H3. The van der Waals surface area contributed by atoms with E-state index >= 15 is 0 Å². The molecule has 25 heavy (non-hydrogen) atoms. The lowest BCUT2D eigenvalue weighted by molar-refractivity contribution is -0.131. The fraction of sp³-hybridized carbons (Fsp3) is 0.611. The number of carbonyl (C=O) groups is 1. The third-order valence-corrected chi connectivity index (χ3v) is 5.86. The molecule has 1 aliphatic rings. The Kier molecular flexibility index (Phi) is 6.46. The van der Waals surface area contributed by atoms with Crippen molar-refractivity contribution in [1.29, 1.82) is 0 Å². The van der Waals surface area contributed by atoms with E-state index in [1.165, 1.54) is 10.6 Å². The minimum atomic E-state index is -3.55. The average Bonchev–Trinajstić information content (AvgIpc) is 2.58. The van der Waals surface area contributed by atoms with Gasteiger partial charge in [0.2, 0.25) is 15.9 Å². The highest BCUT2D eigenvalue weighted by Gasteiger charge is 2.28. The van der Waals surface area contributed by atoms with Crippen molar-refractivity contribution in [3.63, 3.8) is 0 Å². The van der Waals surface area contributed by atoms with Gasteiger partial charge in [0, 0.05) is 26.2 Å². The smallest absolute Gasteiger partial charge is 0.243 e. The molecule has 1 fully saturated rings. The second-order valence-electron chi connectivity index (χ2n) is 6.59. The zero-order valence-electron chi connectivity index (χ0n) is 15.7. The van der Waals surface area contributed by atoms with Crippen LogP contribution in [-0.4, -0.2) is 70.2 Å². The number of rotatable bonds is 6. The van der Waals surface area contributed by atoms with Crippen LogP contribution >= 0.6 is 0 Å². The number of nitrogens with zero attached hydrogens (tertiary/aromatic N) is 3. The first-order chi connectivity index (χ1) is 11.8. The van der Waals surface area contributed by atoms with Gasteiger partial charge in [-0.1, -0.05) is 32.0 Å².